The standard InChI is InChI=1S/C16H13FN2O/c17-13-9-8-12(5-4-10-18)15(11-13)16(20)19-14-6-2-1-3-7-14/h1-3,6-9,11H,10,18H2,(H,19,20). The second-order valence-corrected chi connectivity index (χ2v) is 4.02. The van der Waals surface area contributed by atoms with Crippen LogP contribution < -0.4 is 11.1 Å². The third kappa shape index (κ3) is 3.44. The molecule has 0 bridgehead atoms. The van der Waals surface area contributed by atoms with Crippen LogP contribution in [0.2, 0.25) is 0 Å². The fourth-order valence-electron chi connectivity index (χ4n) is 1.68. The van der Waals surface area contributed by atoms with Crippen LogP contribution in [-0.2, 0) is 0 Å². The van der Waals surface area contributed by atoms with Gasteiger partial charge in [-0.1, -0.05) is 30.0 Å². The van der Waals surface area contributed by atoms with E-state index in [-0.39, 0.29) is 12.1 Å². The molecule has 100 valence electrons. The van der Waals surface area contributed by atoms with E-state index in [1.165, 1.54) is 18.2 Å². The van der Waals surface area contributed by atoms with Crippen LogP contribution in [0.4, 0.5) is 10.1 Å². The molecule has 2 aromatic rings. The Morgan fingerprint density at radius 3 is 2.65 bits per heavy atom. The van der Waals surface area contributed by atoms with Gasteiger partial charge in [-0.2, -0.15) is 0 Å². The molecule has 0 aromatic heterocycles. The van der Waals surface area contributed by atoms with E-state index >= 15 is 0 Å². The van der Waals surface area contributed by atoms with Crippen LogP contribution in [-0.4, -0.2) is 12.5 Å². The second-order valence-electron chi connectivity index (χ2n) is 4.02. The number of halogens is 1. The van der Waals surface area contributed by atoms with Crippen LogP contribution >= 0.6 is 0 Å². The predicted molar refractivity (Wildman–Crippen MR) is 76.7 cm³/mol. The lowest BCUT2D eigenvalue weighted by atomic mass is 10.1. The van der Waals surface area contributed by atoms with Crippen LogP contribution in [0.1, 0.15) is 15.9 Å². The lowest BCUT2D eigenvalue weighted by Gasteiger charge is -2.07. The first kappa shape index (κ1) is 13.8. The summed E-state index contributed by atoms with van der Waals surface area (Å²) in [6.45, 7) is 0.178. The van der Waals surface area contributed by atoms with E-state index in [4.69, 9.17) is 5.73 Å². The Morgan fingerprint density at radius 1 is 1.20 bits per heavy atom. The molecule has 0 saturated carbocycles. The molecule has 0 fully saturated rings. The van der Waals surface area contributed by atoms with Crippen LogP contribution in [0.3, 0.4) is 0 Å². The number of carbonyl (C=O) groups is 1. The van der Waals surface area contributed by atoms with Gasteiger partial charge >= 0.3 is 0 Å². The molecule has 0 aliphatic heterocycles. The summed E-state index contributed by atoms with van der Waals surface area (Å²) in [4.78, 5) is 12.2. The molecule has 0 unspecified atom stereocenters. The van der Waals surface area contributed by atoms with E-state index in [1.54, 1.807) is 24.3 Å². The minimum absolute atomic E-state index is 0.178. The lowest BCUT2D eigenvalue weighted by Crippen LogP contribution is -2.14. The number of amides is 1. The second kappa shape index (κ2) is 6.50. The molecule has 0 saturated heterocycles. The highest BCUT2D eigenvalue weighted by atomic mass is 19.1. The van der Waals surface area contributed by atoms with E-state index in [1.807, 2.05) is 6.07 Å². The molecule has 0 atom stereocenters. The fourth-order valence-corrected chi connectivity index (χ4v) is 1.68. The summed E-state index contributed by atoms with van der Waals surface area (Å²) in [5, 5.41) is 2.70. The van der Waals surface area contributed by atoms with Gasteiger partial charge in [0.2, 0.25) is 0 Å². The molecule has 20 heavy (non-hydrogen) atoms. The molecule has 0 radical (unpaired) electrons. The van der Waals surface area contributed by atoms with Crippen molar-refractivity contribution in [3.05, 3.63) is 65.5 Å². The van der Waals surface area contributed by atoms with Crippen molar-refractivity contribution in [3.63, 3.8) is 0 Å². The number of para-hydroxylation sites is 1. The lowest BCUT2D eigenvalue weighted by molar-refractivity contribution is 0.102. The van der Waals surface area contributed by atoms with Crippen molar-refractivity contribution in [2.45, 2.75) is 0 Å². The van der Waals surface area contributed by atoms with Gasteiger partial charge in [-0.15, -0.1) is 0 Å². The van der Waals surface area contributed by atoms with Crippen molar-refractivity contribution in [1.82, 2.24) is 0 Å². The number of carbonyl (C=O) groups excluding carboxylic acids is 1. The number of hydrogen-bond donors (Lipinski definition) is 2. The summed E-state index contributed by atoms with van der Waals surface area (Å²) < 4.78 is 13.3. The van der Waals surface area contributed by atoms with Gasteiger partial charge in [-0.25, -0.2) is 4.39 Å². The zero-order valence-corrected chi connectivity index (χ0v) is 10.7. The van der Waals surface area contributed by atoms with Gasteiger partial charge in [-0.3, -0.25) is 4.79 Å². The van der Waals surface area contributed by atoms with Gasteiger partial charge in [0.15, 0.2) is 0 Å². The van der Waals surface area contributed by atoms with Crippen LogP contribution in [0.5, 0.6) is 0 Å². The SMILES string of the molecule is NCC#Cc1ccc(F)cc1C(=O)Nc1ccccc1. The molecule has 0 aliphatic rings. The minimum atomic E-state index is -0.485. The molecule has 0 heterocycles. The van der Waals surface area contributed by atoms with Crippen molar-refractivity contribution in [3.8, 4) is 11.8 Å². The molecule has 0 spiro atoms. The quantitative estimate of drug-likeness (QED) is 0.822. The average molecular weight is 268 g/mol. The summed E-state index contributed by atoms with van der Waals surface area (Å²) in [7, 11) is 0. The first-order chi connectivity index (χ1) is 9.70. The Balaban J connectivity index is 2.31. The monoisotopic (exact) mass is 268 g/mol. The first-order valence-corrected chi connectivity index (χ1v) is 6.05. The smallest absolute Gasteiger partial charge is 0.257 e. The van der Waals surface area contributed by atoms with Gasteiger partial charge in [0.1, 0.15) is 5.82 Å². The van der Waals surface area contributed by atoms with Gasteiger partial charge in [0.25, 0.3) is 5.91 Å². The molecule has 0 aliphatic carbocycles. The van der Waals surface area contributed by atoms with Crippen molar-refractivity contribution in [2.24, 2.45) is 5.73 Å². The molecular formula is C16H13FN2O. The summed E-state index contributed by atoms with van der Waals surface area (Å²) >= 11 is 0. The number of hydrogen-bond acceptors (Lipinski definition) is 2. The largest absolute Gasteiger partial charge is 0.322 e. The van der Waals surface area contributed by atoms with E-state index in [0.717, 1.165) is 0 Å². The molecule has 3 N–H and O–H groups in total. The van der Waals surface area contributed by atoms with E-state index in [2.05, 4.69) is 17.2 Å². The third-order valence-corrected chi connectivity index (χ3v) is 2.58. The van der Waals surface area contributed by atoms with Gasteiger partial charge in [-0.05, 0) is 30.3 Å². The minimum Gasteiger partial charge on any atom is -0.322 e. The Hall–Kier alpha value is -2.64. The third-order valence-electron chi connectivity index (χ3n) is 2.58. The molecule has 1 amide bonds. The van der Waals surface area contributed by atoms with Crippen molar-refractivity contribution in [1.29, 1.82) is 0 Å². The topological polar surface area (TPSA) is 55.1 Å². The highest BCUT2D eigenvalue weighted by molar-refractivity contribution is 6.06. The molecule has 2 aromatic carbocycles. The average Bonchev–Trinajstić information content (AvgIpc) is 2.47. The maximum absolute atomic E-state index is 13.3. The van der Waals surface area contributed by atoms with Gasteiger partial charge in [0, 0.05) is 11.3 Å². The normalized spacial score (nSPS) is 9.50. The number of anilines is 1. The summed E-state index contributed by atoms with van der Waals surface area (Å²) in [6.07, 6.45) is 0. The van der Waals surface area contributed by atoms with Gasteiger partial charge < -0.3 is 11.1 Å². The Labute approximate surface area is 116 Å². The first-order valence-electron chi connectivity index (χ1n) is 6.05. The van der Waals surface area contributed by atoms with Gasteiger partial charge in [0.05, 0.1) is 12.1 Å². The fraction of sp³-hybridized carbons (Fsp3) is 0.0625. The number of benzene rings is 2. The van der Waals surface area contributed by atoms with E-state index < -0.39 is 11.7 Å². The summed E-state index contributed by atoms with van der Waals surface area (Å²) in [5.41, 5.74) is 6.59. The maximum atomic E-state index is 13.3. The number of nitrogens with two attached hydrogens (primary N) is 1. The number of nitrogens with one attached hydrogen (secondary N) is 1. The van der Waals surface area contributed by atoms with Crippen LogP contribution in [0, 0.1) is 17.7 Å². The van der Waals surface area contributed by atoms with E-state index in [0.29, 0.717) is 11.3 Å². The zero-order chi connectivity index (χ0) is 14.4. The molecular weight excluding hydrogens is 255 g/mol. The highest BCUT2D eigenvalue weighted by Gasteiger charge is 2.11. The predicted octanol–water partition coefficient (Wildman–Crippen LogP) is 2.39. The summed E-state index contributed by atoms with van der Waals surface area (Å²) in [6, 6.07) is 12.9. The molecule has 4 heteroatoms. The van der Waals surface area contributed by atoms with Crippen LogP contribution in [0.25, 0.3) is 0 Å². The maximum Gasteiger partial charge on any atom is 0.257 e. The van der Waals surface area contributed by atoms with Crippen molar-refractivity contribution >= 4 is 11.6 Å². The van der Waals surface area contributed by atoms with E-state index in [9.17, 15) is 9.18 Å². The molecule has 3 nitrogen and oxygen atoms in total. The highest BCUT2D eigenvalue weighted by Crippen LogP contribution is 2.14. The Morgan fingerprint density at radius 2 is 1.95 bits per heavy atom. The number of rotatable bonds is 2. The molecule has 2 rings (SSSR count). The Kier molecular flexibility index (Phi) is 4.48. The van der Waals surface area contributed by atoms with Crippen molar-refractivity contribution in [2.75, 3.05) is 11.9 Å². The Bertz CT molecular complexity index is 672. The summed E-state index contributed by atoms with van der Waals surface area (Å²) in [5.74, 6) is 4.53. The van der Waals surface area contributed by atoms with Crippen molar-refractivity contribution < 1.29 is 9.18 Å². The zero-order valence-electron chi connectivity index (χ0n) is 10.7. The van der Waals surface area contributed by atoms with Crippen LogP contribution in [0.15, 0.2) is 48.5 Å².